The monoisotopic (exact) mass is 157 g/mol. The fourth-order valence-electron chi connectivity index (χ4n) is 0.270. The Morgan fingerprint density at radius 3 is 2.11 bits per heavy atom. The van der Waals surface area contributed by atoms with Crippen molar-refractivity contribution >= 4 is 16.3 Å². The van der Waals surface area contributed by atoms with Gasteiger partial charge in [-0.05, 0) is 0 Å². The van der Waals surface area contributed by atoms with Crippen molar-refractivity contribution in [3.05, 3.63) is 0 Å². The molecule has 0 radical (unpaired) electrons. The molecule has 9 heavy (non-hydrogen) atoms. The zero-order valence-corrected chi connectivity index (χ0v) is 6.75. The van der Waals surface area contributed by atoms with Crippen molar-refractivity contribution in [3.63, 3.8) is 0 Å². The van der Waals surface area contributed by atoms with Crippen molar-refractivity contribution in [3.8, 4) is 0 Å². The van der Waals surface area contributed by atoms with Gasteiger partial charge >= 0.3 is 6.18 Å². The molecule has 0 rings (SSSR count). The number of carbonyl (C=O) groups is 1. The molecule has 0 atom stereocenters. The van der Waals surface area contributed by atoms with E-state index in [-0.39, 0.29) is 10.4 Å². The van der Waals surface area contributed by atoms with Gasteiger partial charge in [0, 0.05) is 0 Å². The summed E-state index contributed by atoms with van der Waals surface area (Å²) in [5.74, 6) is -0.950. The van der Waals surface area contributed by atoms with Crippen LogP contribution in [0.3, 0.4) is 0 Å². The van der Waals surface area contributed by atoms with Crippen LogP contribution in [0.25, 0.3) is 0 Å². The molecule has 0 aliphatic rings. The molecule has 0 aromatic heterocycles. The number of nitrogens with one attached hydrogen (secondary N) is 1. The third kappa shape index (κ3) is 5.35. The third-order valence-corrected chi connectivity index (χ3v) is 1.20. The molecule has 1 N–H and O–H groups in total. The number of rotatable bonds is 1. The lowest BCUT2D eigenvalue weighted by Gasteiger charge is -2.02. The van der Waals surface area contributed by atoms with E-state index in [2.05, 4.69) is 0 Å². The highest BCUT2D eigenvalue weighted by molar-refractivity contribution is 6.14. The van der Waals surface area contributed by atoms with E-state index < -0.39 is 18.5 Å². The second-order valence-corrected chi connectivity index (χ2v) is 1.97. The van der Waals surface area contributed by atoms with E-state index in [0.717, 1.165) is 0 Å². The van der Waals surface area contributed by atoms with Gasteiger partial charge in [-0.15, -0.1) is 0 Å². The van der Waals surface area contributed by atoms with Crippen molar-refractivity contribution in [1.82, 2.24) is 4.98 Å². The lowest BCUT2D eigenvalue weighted by molar-refractivity contribution is -0.152. The van der Waals surface area contributed by atoms with Crippen LogP contribution < -0.4 is 4.98 Å². The van der Waals surface area contributed by atoms with Crippen LogP contribution in [0.1, 0.15) is 6.42 Å². The highest BCUT2D eigenvalue weighted by Gasteiger charge is 2.30. The van der Waals surface area contributed by atoms with Gasteiger partial charge in [0.1, 0.15) is 16.8 Å². The number of alkyl halides is 3. The number of halogens is 3. The molecule has 2 nitrogen and oxygen atoms in total. The highest BCUT2D eigenvalue weighted by atomic mass is 28.2. The fourth-order valence-corrected chi connectivity index (χ4v) is 0.447. The number of hydrogen-bond donors (Lipinski definition) is 1. The predicted octanol–water partition coefficient (Wildman–Crippen LogP) is -0.665. The van der Waals surface area contributed by atoms with Crippen LogP contribution in [-0.2, 0) is 4.79 Å². The molecule has 0 aliphatic carbocycles. The first-order valence-corrected chi connectivity index (χ1v) is 3.23. The minimum Gasteiger partial charge on any atom is -0.390 e. The molecular formula is C3H6F3NOSi. The van der Waals surface area contributed by atoms with Crippen molar-refractivity contribution in [1.29, 1.82) is 0 Å². The molecule has 0 heterocycles. The van der Waals surface area contributed by atoms with Crippen LogP contribution in [-0.4, -0.2) is 22.5 Å². The summed E-state index contributed by atoms with van der Waals surface area (Å²) < 4.78 is 33.7. The van der Waals surface area contributed by atoms with Gasteiger partial charge in [0.15, 0.2) is 0 Å². The first-order valence-electron chi connectivity index (χ1n) is 2.23. The SMILES string of the molecule is O=C(CC(F)(F)F)N[SiH3]. The Kier molecular flexibility index (Phi) is 2.69. The Morgan fingerprint density at radius 2 is 2.00 bits per heavy atom. The topological polar surface area (TPSA) is 29.1 Å². The minimum atomic E-state index is -4.37. The molecule has 0 saturated carbocycles. The van der Waals surface area contributed by atoms with E-state index in [0.29, 0.717) is 0 Å². The summed E-state index contributed by atoms with van der Waals surface area (Å²) in [6.07, 6.45) is -5.73. The average Bonchev–Trinajstić information content (AvgIpc) is 1.62. The van der Waals surface area contributed by atoms with Crippen LogP contribution >= 0.6 is 0 Å². The molecule has 0 fully saturated rings. The summed E-state index contributed by atoms with van der Waals surface area (Å²) in [6.45, 7) is 0. The van der Waals surface area contributed by atoms with E-state index in [1.165, 1.54) is 0 Å². The van der Waals surface area contributed by atoms with Gasteiger partial charge in [-0.2, -0.15) is 13.2 Å². The van der Waals surface area contributed by atoms with Crippen LogP contribution in [0.15, 0.2) is 0 Å². The molecule has 0 unspecified atom stereocenters. The Morgan fingerprint density at radius 1 is 1.56 bits per heavy atom. The van der Waals surface area contributed by atoms with Gasteiger partial charge < -0.3 is 4.98 Å². The summed E-state index contributed by atoms with van der Waals surface area (Å²) in [5.41, 5.74) is 0. The smallest absolute Gasteiger partial charge is 0.390 e. The molecule has 0 spiro atoms. The first-order chi connectivity index (χ1) is 3.95. The van der Waals surface area contributed by atoms with Crippen molar-refractivity contribution in [2.45, 2.75) is 12.6 Å². The normalized spacial score (nSPS) is 11.4. The third-order valence-electron chi connectivity index (χ3n) is 0.640. The highest BCUT2D eigenvalue weighted by Crippen LogP contribution is 2.18. The number of amides is 1. The number of carbonyl (C=O) groups excluding carboxylic acids is 1. The van der Waals surface area contributed by atoms with Gasteiger partial charge in [0.05, 0.1) is 0 Å². The molecule has 0 saturated heterocycles. The summed E-state index contributed by atoms with van der Waals surface area (Å²) in [6, 6.07) is 0. The van der Waals surface area contributed by atoms with Crippen LogP contribution in [0.4, 0.5) is 13.2 Å². The second-order valence-electron chi connectivity index (χ2n) is 1.47. The zero-order valence-electron chi connectivity index (χ0n) is 4.75. The van der Waals surface area contributed by atoms with Gasteiger partial charge in [-0.3, -0.25) is 4.79 Å². The van der Waals surface area contributed by atoms with Crippen LogP contribution in [0.5, 0.6) is 0 Å². The molecule has 0 aromatic carbocycles. The van der Waals surface area contributed by atoms with Gasteiger partial charge in [0.25, 0.3) is 0 Å². The van der Waals surface area contributed by atoms with Crippen molar-refractivity contribution in [2.24, 2.45) is 0 Å². The molecule has 0 bridgehead atoms. The summed E-state index contributed by atoms with van der Waals surface area (Å²) in [7, 11) is 0.267. The lowest BCUT2D eigenvalue weighted by atomic mass is 10.4. The van der Waals surface area contributed by atoms with Crippen LogP contribution in [0.2, 0.25) is 0 Å². The second kappa shape index (κ2) is 2.86. The van der Waals surface area contributed by atoms with E-state index in [1.807, 2.05) is 4.98 Å². The summed E-state index contributed by atoms with van der Waals surface area (Å²) >= 11 is 0. The van der Waals surface area contributed by atoms with Gasteiger partial charge in [-0.25, -0.2) is 0 Å². The Bertz CT molecular complexity index is 112. The Hall–Kier alpha value is -0.523. The molecule has 0 aromatic rings. The number of hydrogen-bond acceptors (Lipinski definition) is 1. The Labute approximate surface area is 52.9 Å². The Balaban J connectivity index is 3.60. The summed E-state index contributed by atoms with van der Waals surface area (Å²) in [5, 5.41) is 0. The maximum atomic E-state index is 11.2. The quantitative estimate of drug-likeness (QED) is 0.503. The fraction of sp³-hybridized carbons (Fsp3) is 0.667. The van der Waals surface area contributed by atoms with E-state index in [4.69, 9.17) is 0 Å². The standard InChI is InChI=1S/C3H6F3NOSi/c4-3(5,6)1-2(8)7-9/h1H2,9H3,(H,7,8). The minimum absolute atomic E-state index is 0.267. The maximum absolute atomic E-state index is 11.2. The molecule has 0 aliphatic heterocycles. The average molecular weight is 157 g/mol. The lowest BCUT2D eigenvalue weighted by Crippen LogP contribution is -2.26. The molecular weight excluding hydrogens is 151 g/mol. The maximum Gasteiger partial charge on any atom is 0.397 e. The van der Waals surface area contributed by atoms with Crippen molar-refractivity contribution in [2.75, 3.05) is 0 Å². The van der Waals surface area contributed by atoms with E-state index in [1.54, 1.807) is 0 Å². The van der Waals surface area contributed by atoms with Crippen LogP contribution in [0, 0.1) is 0 Å². The van der Waals surface area contributed by atoms with Crippen molar-refractivity contribution < 1.29 is 18.0 Å². The summed E-state index contributed by atoms with van der Waals surface area (Å²) in [4.78, 5) is 12.0. The predicted molar refractivity (Wildman–Crippen MR) is 28.8 cm³/mol. The zero-order chi connectivity index (χ0) is 7.49. The van der Waals surface area contributed by atoms with Gasteiger partial charge in [0.2, 0.25) is 5.91 Å². The molecule has 1 amide bonds. The largest absolute Gasteiger partial charge is 0.397 e. The molecule has 54 valence electrons. The molecule has 6 heteroatoms. The van der Waals surface area contributed by atoms with E-state index in [9.17, 15) is 18.0 Å². The van der Waals surface area contributed by atoms with Gasteiger partial charge in [-0.1, -0.05) is 0 Å². The first kappa shape index (κ1) is 8.48. The van der Waals surface area contributed by atoms with E-state index >= 15 is 0 Å².